The van der Waals surface area contributed by atoms with Crippen molar-refractivity contribution < 1.29 is 0 Å². The lowest BCUT2D eigenvalue weighted by atomic mass is 10.3. The van der Waals surface area contributed by atoms with Crippen LogP contribution in [0, 0.1) is 6.92 Å². The third-order valence-electron chi connectivity index (χ3n) is 2.39. The summed E-state index contributed by atoms with van der Waals surface area (Å²) >= 11 is 7.68. The maximum absolute atomic E-state index is 6.06. The molecule has 0 saturated heterocycles. The van der Waals surface area contributed by atoms with Gasteiger partial charge in [0, 0.05) is 11.9 Å². The van der Waals surface area contributed by atoms with E-state index in [1.165, 1.54) is 11.2 Å². The average molecular weight is 270 g/mol. The van der Waals surface area contributed by atoms with Gasteiger partial charge in [-0.15, -0.1) is 11.3 Å². The van der Waals surface area contributed by atoms with Crippen LogP contribution < -0.4 is 10.6 Å². The number of rotatable bonds is 3. The molecule has 0 aliphatic carbocycles. The van der Waals surface area contributed by atoms with Crippen molar-refractivity contribution in [2.45, 2.75) is 13.5 Å². The van der Waals surface area contributed by atoms with Gasteiger partial charge >= 0.3 is 0 Å². The lowest BCUT2D eigenvalue weighted by Gasteiger charge is -2.18. The Balaban J connectivity index is 2.23. The Morgan fingerprint density at radius 2 is 2.18 bits per heavy atom. The van der Waals surface area contributed by atoms with E-state index < -0.39 is 0 Å². The zero-order chi connectivity index (χ0) is 12.4. The molecule has 2 N–H and O–H groups in total. The Labute approximate surface area is 108 Å². The molecule has 0 amide bonds. The molecule has 0 atom stereocenters. The molecule has 0 bridgehead atoms. The molecule has 0 aliphatic heterocycles. The highest BCUT2D eigenvalue weighted by Gasteiger charge is 2.13. The molecule has 90 valence electrons. The zero-order valence-electron chi connectivity index (χ0n) is 9.51. The SMILES string of the molecule is Cc1ncsc1CN(C)c1ncnc(N)c1Cl. The van der Waals surface area contributed by atoms with Crippen molar-refractivity contribution in [3.05, 3.63) is 27.4 Å². The maximum atomic E-state index is 6.06. The fraction of sp³-hybridized carbons (Fsp3) is 0.300. The molecule has 0 aromatic carbocycles. The second-order valence-corrected chi connectivity index (χ2v) is 4.93. The van der Waals surface area contributed by atoms with Gasteiger partial charge in [-0.1, -0.05) is 11.6 Å². The first-order chi connectivity index (χ1) is 8.09. The van der Waals surface area contributed by atoms with Crippen molar-refractivity contribution in [2.75, 3.05) is 17.7 Å². The second-order valence-electron chi connectivity index (χ2n) is 3.61. The highest BCUT2D eigenvalue weighted by molar-refractivity contribution is 7.09. The van der Waals surface area contributed by atoms with Crippen LogP contribution in [-0.2, 0) is 6.54 Å². The van der Waals surface area contributed by atoms with Gasteiger partial charge in [0.25, 0.3) is 0 Å². The number of nitrogens with two attached hydrogens (primary N) is 1. The Hall–Kier alpha value is -1.40. The first-order valence-corrected chi connectivity index (χ1v) is 6.21. The molecule has 2 aromatic heterocycles. The Morgan fingerprint density at radius 1 is 1.41 bits per heavy atom. The van der Waals surface area contributed by atoms with E-state index in [9.17, 15) is 0 Å². The first-order valence-electron chi connectivity index (χ1n) is 4.95. The maximum Gasteiger partial charge on any atom is 0.153 e. The van der Waals surface area contributed by atoms with Crippen molar-refractivity contribution in [3.63, 3.8) is 0 Å². The summed E-state index contributed by atoms with van der Waals surface area (Å²) in [6.07, 6.45) is 1.41. The molecule has 2 rings (SSSR count). The number of aryl methyl sites for hydroxylation is 1. The molecule has 0 fully saturated rings. The largest absolute Gasteiger partial charge is 0.382 e. The number of nitrogens with zero attached hydrogens (tertiary/aromatic N) is 4. The highest BCUT2D eigenvalue weighted by Crippen LogP contribution is 2.27. The molecular weight excluding hydrogens is 258 g/mol. The van der Waals surface area contributed by atoms with Gasteiger partial charge in [0.05, 0.1) is 17.7 Å². The molecule has 2 aromatic rings. The topological polar surface area (TPSA) is 67.9 Å². The van der Waals surface area contributed by atoms with E-state index in [-0.39, 0.29) is 0 Å². The van der Waals surface area contributed by atoms with E-state index in [0.29, 0.717) is 23.2 Å². The molecule has 2 heterocycles. The monoisotopic (exact) mass is 269 g/mol. The van der Waals surface area contributed by atoms with Crippen LogP contribution in [0.2, 0.25) is 5.02 Å². The van der Waals surface area contributed by atoms with E-state index >= 15 is 0 Å². The molecule has 0 radical (unpaired) electrons. The fourth-order valence-electron chi connectivity index (χ4n) is 1.41. The van der Waals surface area contributed by atoms with Gasteiger partial charge in [0.15, 0.2) is 5.82 Å². The van der Waals surface area contributed by atoms with Crippen molar-refractivity contribution in [3.8, 4) is 0 Å². The Bertz CT molecular complexity index is 527. The minimum absolute atomic E-state index is 0.296. The zero-order valence-corrected chi connectivity index (χ0v) is 11.1. The van der Waals surface area contributed by atoms with Crippen molar-refractivity contribution in [2.24, 2.45) is 0 Å². The summed E-state index contributed by atoms with van der Waals surface area (Å²) in [5.74, 6) is 0.927. The van der Waals surface area contributed by atoms with Gasteiger partial charge in [-0.25, -0.2) is 15.0 Å². The second kappa shape index (κ2) is 4.85. The summed E-state index contributed by atoms with van der Waals surface area (Å²) in [6, 6.07) is 0. The van der Waals surface area contributed by atoms with Gasteiger partial charge in [0.2, 0.25) is 0 Å². The Morgan fingerprint density at radius 3 is 2.82 bits per heavy atom. The number of nitrogen functional groups attached to an aromatic ring is 1. The van der Waals surface area contributed by atoms with E-state index in [2.05, 4.69) is 15.0 Å². The number of hydrogen-bond donors (Lipinski definition) is 1. The lowest BCUT2D eigenvalue weighted by molar-refractivity contribution is 0.895. The van der Waals surface area contributed by atoms with Crippen LogP contribution in [-0.4, -0.2) is 22.0 Å². The summed E-state index contributed by atoms with van der Waals surface area (Å²) in [6.45, 7) is 2.68. The van der Waals surface area contributed by atoms with Crippen LogP contribution in [0.3, 0.4) is 0 Å². The summed E-state index contributed by atoms with van der Waals surface area (Å²) in [4.78, 5) is 15.3. The number of aromatic nitrogens is 3. The van der Waals surface area contributed by atoms with Crippen molar-refractivity contribution in [1.29, 1.82) is 0 Å². The smallest absolute Gasteiger partial charge is 0.153 e. The highest BCUT2D eigenvalue weighted by atomic mass is 35.5. The van der Waals surface area contributed by atoms with Crippen LogP contribution in [0.4, 0.5) is 11.6 Å². The van der Waals surface area contributed by atoms with E-state index in [1.54, 1.807) is 11.3 Å². The minimum Gasteiger partial charge on any atom is -0.382 e. The Kier molecular flexibility index (Phi) is 3.44. The molecule has 7 heteroatoms. The quantitative estimate of drug-likeness (QED) is 0.924. The summed E-state index contributed by atoms with van der Waals surface area (Å²) in [7, 11) is 1.91. The van der Waals surface area contributed by atoms with Gasteiger partial charge in [-0.3, -0.25) is 0 Å². The van der Waals surface area contributed by atoms with E-state index in [4.69, 9.17) is 17.3 Å². The molecule has 0 unspecified atom stereocenters. The van der Waals surface area contributed by atoms with Crippen LogP contribution in [0.5, 0.6) is 0 Å². The number of halogens is 1. The molecule has 0 aliphatic rings. The van der Waals surface area contributed by atoms with Crippen LogP contribution >= 0.6 is 22.9 Å². The standard InChI is InChI=1S/C10H12ClN5S/c1-6-7(17-5-15-6)3-16(2)10-8(11)9(12)13-4-14-10/h4-5H,3H2,1-2H3,(H2,12,13,14). The number of hydrogen-bond acceptors (Lipinski definition) is 6. The molecule has 5 nitrogen and oxygen atoms in total. The van der Waals surface area contributed by atoms with E-state index in [1.807, 2.05) is 24.4 Å². The van der Waals surface area contributed by atoms with Crippen molar-refractivity contribution >= 4 is 34.6 Å². The summed E-state index contributed by atoms with van der Waals surface area (Å²) < 4.78 is 0. The first kappa shape index (κ1) is 12.1. The predicted octanol–water partition coefficient (Wildman–Crippen LogP) is 2.11. The normalized spacial score (nSPS) is 10.5. The molecule has 17 heavy (non-hydrogen) atoms. The average Bonchev–Trinajstić information content (AvgIpc) is 2.68. The predicted molar refractivity (Wildman–Crippen MR) is 70.4 cm³/mol. The lowest BCUT2D eigenvalue weighted by Crippen LogP contribution is -2.18. The number of thiazole rings is 1. The minimum atomic E-state index is 0.296. The van der Waals surface area contributed by atoms with Crippen LogP contribution in [0.15, 0.2) is 11.8 Å². The van der Waals surface area contributed by atoms with Gasteiger partial charge in [-0.05, 0) is 6.92 Å². The molecule has 0 saturated carbocycles. The third kappa shape index (κ3) is 2.48. The molecular formula is C10H12ClN5S. The third-order valence-corrected chi connectivity index (χ3v) is 3.67. The number of anilines is 2. The fourth-order valence-corrected chi connectivity index (χ4v) is 2.48. The van der Waals surface area contributed by atoms with Crippen LogP contribution in [0.25, 0.3) is 0 Å². The van der Waals surface area contributed by atoms with Gasteiger partial charge in [0.1, 0.15) is 17.2 Å². The van der Waals surface area contributed by atoms with Crippen molar-refractivity contribution in [1.82, 2.24) is 15.0 Å². The molecule has 0 spiro atoms. The van der Waals surface area contributed by atoms with E-state index in [0.717, 1.165) is 5.69 Å². The summed E-state index contributed by atoms with van der Waals surface area (Å²) in [5, 5.41) is 0.386. The van der Waals surface area contributed by atoms with Gasteiger partial charge < -0.3 is 10.6 Å². The van der Waals surface area contributed by atoms with Crippen LogP contribution in [0.1, 0.15) is 10.6 Å². The summed E-state index contributed by atoms with van der Waals surface area (Å²) in [5.41, 5.74) is 8.50. The van der Waals surface area contributed by atoms with Gasteiger partial charge in [-0.2, -0.15) is 0 Å².